The number of nitrogens with two attached hydrogens (primary N) is 1. The van der Waals surface area contributed by atoms with E-state index in [0.29, 0.717) is 19.5 Å². The fourth-order valence-corrected chi connectivity index (χ4v) is 2.80. The topological polar surface area (TPSA) is 88.2 Å². The van der Waals surface area contributed by atoms with Gasteiger partial charge in [-0.25, -0.2) is 0 Å². The van der Waals surface area contributed by atoms with Crippen molar-refractivity contribution < 1.29 is 14.7 Å². The van der Waals surface area contributed by atoms with Crippen molar-refractivity contribution in [2.24, 2.45) is 16.8 Å². The third-order valence-electron chi connectivity index (χ3n) is 4.06. The second-order valence-electron chi connectivity index (χ2n) is 5.37. The van der Waals surface area contributed by atoms with Gasteiger partial charge in [0.1, 0.15) is 5.84 Å². The molecule has 0 saturated carbocycles. The van der Waals surface area contributed by atoms with E-state index in [1.807, 2.05) is 4.90 Å². The number of likely N-dealkylation sites (tertiary alicyclic amines) is 1. The number of oxime groups is 1. The molecule has 0 spiro atoms. The second-order valence-corrected chi connectivity index (χ2v) is 5.37. The van der Waals surface area contributed by atoms with Gasteiger partial charge in [0, 0.05) is 25.6 Å². The van der Waals surface area contributed by atoms with Gasteiger partial charge in [-0.2, -0.15) is 0 Å². The molecule has 6 heteroatoms. The molecule has 0 aromatic rings. The Morgan fingerprint density at radius 3 is 2.63 bits per heavy atom. The van der Waals surface area contributed by atoms with E-state index in [0.717, 1.165) is 38.7 Å². The van der Waals surface area contributed by atoms with Crippen LogP contribution in [0.4, 0.5) is 0 Å². The van der Waals surface area contributed by atoms with E-state index in [2.05, 4.69) is 5.16 Å². The van der Waals surface area contributed by atoms with Crippen LogP contribution in [0.3, 0.4) is 0 Å². The van der Waals surface area contributed by atoms with E-state index >= 15 is 0 Å². The van der Waals surface area contributed by atoms with Crippen molar-refractivity contribution in [1.82, 2.24) is 4.90 Å². The SMILES string of the molecule is NC(=NO)C1CCN(C(=O)CC2CCCCO2)CC1. The van der Waals surface area contributed by atoms with Crippen LogP contribution in [-0.4, -0.2) is 47.7 Å². The quantitative estimate of drug-likeness (QED) is 0.345. The van der Waals surface area contributed by atoms with E-state index in [1.54, 1.807) is 0 Å². The number of hydrogen-bond acceptors (Lipinski definition) is 4. The van der Waals surface area contributed by atoms with Crippen LogP contribution in [0, 0.1) is 5.92 Å². The van der Waals surface area contributed by atoms with Crippen molar-refractivity contribution in [2.45, 2.75) is 44.6 Å². The van der Waals surface area contributed by atoms with Crippen molar-refractivity contribution >= 4 is 11.7 Å². The zero-order valence-corrected chi connectivity index (χ0v) is 11.3. The Balaban J connectivity index is 1.75. The Bertz CT molecular complexity index is 332. The van der Waals surface area contributed by atoms with Gasteiger partial charge in [0.05, 0.1) is 12.5 Å². The van der Waals surface area contributed by atoms with E-state index in [1.165, 1.54) is 0 Å². The number of ether oxygens (including phenoxy) is 1. The summed E-state index contributed by atoms with van der Waals surface area (Å²) in [5, 5.41) is 11.7. The fraction of sp³-hybridized carbons (Fsp3) is 0.846. The molecule has 2 aliphatic heterocycles. The van der Waals surface area contributed by atoms with Gasteiger partial charge >= 0.3 is 0 Å². The molecule has 0 bridgehead atoms. The average molecular weight is 269 g/mol. The predicted molar refractivity (Wildman–Crippen MR) is 70.9 cm³/mol. The van der Waals surface area contributed by atoms with Crippen LogP contribution in [0.25, 0.3) is 0 Å². The lowest BCUT2D eigenvalue weighted by molar-refractivity contribution is -0.136. The highest BCUT2D eigenvalue weighted by atomic mass is 16.5. The summed E-state index contributed by atoms with van der Waals surface area (Å²) < 4.78 is 5.60. The maximum absolute atomic E-state index is 12.1. The number of rotatable bonds is 3. The normalized spacial score (nSPS) is 26.4. The van der Waals surface area contributed by atoms with Gasteiger partial charge in [0.2, 0.25) is 5.91 Å². The van der Waals surface area contributed by atoms with Gasteiger partial charge < -0.3 is 20.6 Å². The lowest BCUT2D eigenvalue weighted by Gasteiger charge is -2.32. The first kappa shape index (κ1) is 14.1. The summed E-state index contributed by atoms with van der Waals surface area (Å²) in [4.78, 5) is 14.0. The Kier molecular flexibility index (Phi) is 5.01. The number of carbonyl (C=O) groups is 1. The molecular formula is C13H23N3O3. The second kappa shape index (κ2) is 6.75. The van der Waals surface area contributed by atoms with Crippen molar-refractivity contribution in [3.63, 3.8) is 0 Å². The molecule has 108 valence electrons. The van der Waals surface area contributed by atoms with Gasteiger partial charge in [0.15, 0.2) is 0 Å². The molecule has 0 aliphatic carbocycles. The molecule has 19 heavy (non-hydrogen) atoms. The molecule has 1 atom stereocenters. The molecular weight excluding hydrogens is 246 g/mol. The maximum Gasteiger partial charge on any atom is 0.225 e. The summed E-state index contributed by atoms with van der Waals surface area (Å²) in [6.07, 6.45) is 5.39. The van der Waals surface area contributed by atoms with E-state index in [9.17, 15) is 4.79 Å². The lowest BCUT2D eigenvalue weighted by atomic mass is 9.95. The Morgan fingerprint density at radius 2 is 2.05 bits per heavy atom. The molecule has 2 rings (SSSR count). The molecule has 2 saturated heterocycles. The van der Waals surface area contributed by atoms with Crippen molar-refractivity contribution in [1.29, 1.82) is 0 Å². The molecule has 0 aromatic heterocycles. The van der Waals surface area contributed by atoms with Gasteiger partial charge in [-0.05, 0) is 32.1 Å². The molecule has 6 nitrogen and oxygen atoms in total. The minimum absolute atomic E-state index is 0.0972. The smallest absolute Gasteiger partial charge is 0.225 e. The van der Waals surface area contributed by atoms with Crippen molar-refractivity contribution in [2.75, 3.05) is 19.7 Å². The van der Waals surface area contributed by atoms with Gasteiger partial charge in [-0.1, -0.05) is 5.16 Å². The van der Waals surface area contributed by atoms with Gasteiger partial charge in [-0.15, -0.1) is 0 Å². The number of amides is 1. The molecule has 0 radical (unpaired) electrons. The first-order chi connectivity index (χ1) is 9.20. The highest BCUT2D eigenvalue weighted by molar-refractivity contribution is 5.83. The Labute approximate surface area is 113 Å². The summed E-state index contributed by atoms with van der Waals surface area (Å²) >= 11 is 0. The highest BCUT2D eigenvalue weighted by Crippen LogP contribution is 2.21. The van der Waals surface area contributed by atoms with Crippen molar-refractivity contribution in [3.05, 3.63) is 0 Å². The number of hydrogen-bond donors (Lipinski definition) is 2. The zero-order chi connectivity index (χ0) is 13.7. The summed E-state index contributed by atoms with van der Waals surface area (Å²) in [6.45, 7) is 2.16. The van der Waals surface area contributed by atoms with Crippen LogP contribution in [0.2, 0.25) is 0 Å². The molecule has 2 heterocycles. The lowest BCUT2D eigenvalue weighted by Crippen LogP contribution is -2.43. The Morgan fingerprint density at radius 1 is 1.32 bits per heavy atom. The monoisotopic (exact) mass is 269 g/mol. The largest absolute Gasteiger partial charge is 0.409 e. The van der Waals surface area contributed by atoms with Crippen LogP contribution in [-0.2, 0) is 9.53 Å². The molecule has 3 N–H and O–H groups in total. The standard InChI is InChI=1S/C13H23N3O3/c14-13(15-18)10-4-6-16(7-5-10)12(17)9-11-3-1-2-8-19-11/h10-11,18H,1-9H2,(H2,14,15). The van der Waals surface area contributed by atoms with E-state index in [-0.39, 0.29) is 23.8 Å². The summed E-state index contributed by atoms with van der Waals surface area (Å²) in [5.74, 6) is 0.549. The number of nitrogens with zero attached hydrogens (tertiary/aromatic N) is 2. The van der Waals surface area contributed by atoms with Crippen LogP contribution in [0.1, 0.15) is 38.5 Å². The average Bonchev–Trinajstić information content (AvgIpc) is 2.47. The molecule has 1 unspecified atom stereocenters. The third kappa shape index (κ3) is 3.83. The number of amidine groups is 1. The zero-order valence-electron chi connectivity index (χ0n) is 11.3. The minimum atomic E-state index is 0.0972. The summed E-state index contributed by atoms with van der Waals surface area (Å²) in [7, 11) is 0. The molecule has 1 amide bonds. The Hall–Kier alpha value is -1.30. The van der Waals surface area contributed by atoms with Crippen LogP contribution >= 0.6 is 0 Å². The minimum Gasteiger partial charge on any atom is -0.409 e. The summed E-state index contributed by atoms with van der Waals surface area (Å²) in [5.41, 5.74) is 5.60. The fourth-order valence-electron chi connectivity index (χ4n) is 2.80. The van der Waals surface area contributed by atoms with Gasteiger partial charge in [0.25, 0.3) is 0 Å². The first-order valence-corrected chi connectivity index (χ1v) is 7.07. The summed E-state index contributed by atoms with van der Waals surface area (Å²) in [6, 6.07) is 0. The third-order valence-corrected chi connectivity index (χ3v) is 4.06. The van der Waals surface area contributed by atoms with Crippen LogP contribution in [0.5, 0.6) is 0 Å². The van der Waals surface area contributed by atoms with Crippen LogP contribution < -0.4 is 5.73 Å². The predicted octanol–water partition coefficient (Wildman–Crippen LogP) is 0.931. The maximum atomic E-state index is 12.1. The van der Waals surface area contributed by atoms with Crippen molar-refractivity contribution in [3.8, 4) is 0 Å². The number of piperidine rings is 1. The van der Waals surface area contributed by atoms with E-state index < -0.39 is 0 Å². The molecule has 2 aliphatic rings. The molecule has 2 fully saturated rings. The highest BCUT2D eigenvalue weighted by Gasteiger charge is 2.27. The molecule has 0 aromatic carbocycles. The van der Waals surface area contributed by atoms with Gasteiger partial charge in [-0.3, -0.25) is 4.79 Å². The van der Waals surface area contributed by atoms with Crippen LogP contribution in [0.15, 0.2) is 5.16 Å². The number of carbonyl (C=O) groups excluding carboxylic acids is 1. The van der Waals surface area contributed by atoms with E-state index in [4.69, 9.17) is 15.7 Å². The first-order valence-electron chi connectivity index (χ1n) is 7.07.